The Kier molecular flexibility index (Phi) is 9.85. The third kappa shape index (κ3) is 6.71. The first-order chi connectivity index (χ1) is 12.0. The maximum atomic E-state index is 11.7. The number of nitrogens with zero attached hydrogens (tertiary/aromatic N) is 2. The number of carbonyl (C=O) groups is 1. The van der Waals surface area contributed by atoms with Crippen LogP contribution in [-0.4, -0.2) is 49.8 Å². The topological polar surface area (TPSA) is 89.2 Å². The van der Waals surface area contributed by atoms with E-state index in [0.29, 0.717) is 43.0 Å². The summed E-state index contributed by atoms with van der Waals surface area (Å²) in [4.78, 5) is 17.8. The van der Waals surface area contributed by atoms with Crippen LogP contribution in [0.5, 0.6) is 5.75 Å². The standard InChI is InChI=1S/C17H25ClN4O3.HI/c1-3-25-17(23)22-8-6-14(7-9-22)21-16(19)20-11-12-4-5-13(18)10-15(12)24-2;/h4-5,10,14H,3,6-9,11H2,1-2H3,(H3,19,20,21);1H. The third-order valence-corrected chi connectivity index (χ3v) is 4.28. The Labute approximate surface area is 176 Å². The molecule has 1 saturated heterocycles. The van der Waals surface area contributed by atoms with Crippen LogP contribution in [0.1, 0.15) is 25.3 Å². The van der Waals surface area contributed by atoms with E-state index in [4.69, 9.17) is 26.8 Å². The fourth-order valence-electron chi connectivity index (χ4n) is 2.70. The van der Waals surface area contributed by atoms with Gasteiger partial charge in [-0.05, 0) is 31.9 Å². The second-order valence-corrected chi connectivity index (χ2v) is 6.20. The van der Waals surface area contributed by atoms with Gasteiger partial charge in [-0.15, -0.1) is 24.0 Å². The molecule has 1 aliphatic heterocycles. The summed E-state index contributed by atoms with van der Waals surface area (Å²) in [6.45, 7) is 3.90. The predicted octanol–water partition coefficient (Wildman–Crippen LogP) is 2.99. The van der Waals surface area contributed by atoms with Crippen LogP contribution in [-0.2, 0) is 11.3 Å². The lowest BCUT2D eigenvalue weighted by Gasteiger charge is -2.31. The number of rotatable bonds is 5. The van der Waals surface area contributed by atoms with Crippen molar-refractivity contribution in [2.75, 3.05) is 26.8 Å². The summed E-state index contributed by atoms with van der Waals surface area (Å²) in [6.07, 6.45) is 1.36. The fraction of sp³-hybridized carbons (Fsp3) is 0.529. The molecule has 0 saturated carbocycles. The molecule has 1 heterocycles. The first-order valence-corrected chi connectivity index (χ1v) is 8.71. The van der Waals surface area contributed by atoms with Gasteiger partial charge in [0.2, 0.25) is 0 Å². The Balaban J connectivity index is 0.00000338. The zero-order chi connectivity index (χ0) is 18.2. The number of nitrogens with one attached hydrogen (secondary N) is 1. The molecule has 1 fully saturated rings. The van der Waals surface area contributed by atoms with Crippen LogP contribution >= 0.6 is 35.6 Å². The van der Waals surface area contributed by atoms with Gasteiger partial charge in [0.05, 0.1) is 20.3 Å². The van der Waals surface area contributed by atoms with E-state index >= 15 is 0 Å². The fourth-order valence-corrected chi connectivity index (χ4v) is 2.86. The molecule has 9 heteroatoms. The van der Waals surface area contributed by atoms with Gasteiger partial charge in [-0.2, -0.15) is 0 Å². The highest BCUT2D eigenvalue weighted by molar-refractivity contribution is 14.0. The molecule has 3 N–H and O–H groups in total. The summed E-state index contributed by atoms with van der Waals surface area (Å²) in [7, 11) is 1.60. The number of piperidine rings is 1. The van der Waals surface area contributed by atoms with Crippen molar-refractivity contribution in [3.63, 3.8) is 0 Å². The maximum absolute atomic E-state index is 11.7. The molecule has 0 unspecified atom stereocenters. The number of halogens is 2. The van der Waals surface area contributed by atoms with Crippen LogP contribution in [0.25, 0.3) is 0 Å². The Hall–Kier alpha value is -1.42. The normalized spacial score (nSPS) is 15.2. The summed E-state index contributed by atoms with van der Waals surface area (Å²) in [5.74, 6) is 1.07. The van der Waals surface area contributed by atoms with Crippen molar-refractivity contribution in [2.24, 2.45) is 10.7 Å². The Morgan fingerprint density at radius 3 is 2.73 bits per heavy atom. The van der Waals surface area contributed by atoms with Crippen LogP contribution < -0.4 is 15.8 Å². The number of guanidine groups is 1. The number of nitrogens with two attached hydrogens (primary N) is 1. The van der Waals surface area contributed by atoms with Gasteiger partial charge >= 0.3 is 6.09 Å². The van der Waals surface area contributed by atoms with E-state index in [1.165, 1.54) is 0 Å². The lowest BCUT2D eigenvalue weighted by molar-refractivity contribution is 0.0963. The van der Waals surface area contributed by atoms with Gasteiger partial charge < -0.3 is 25.4 Å². The zero-order valence-corrected chi connectivity index (χ0v) is 18.1. The zero-order valence-electron chi connectivity index (χ0n) is 15.0. The van der Waals surface area contributed by atoms with E-state index in [2.05, 4.69) is 10.3 Å². The van der Waals surface area contributed by atoms with Crippen LogP contribution in [0.3, 0.4) is 0 Å². The lowest BCUT2D eigenvalue weighted by atomic mass is 10.1. The second-order valence-electron chi connectivity index (χ2n) is 5.76. The summed E-state index contributed by atoms with van der Waals surface area (Å²) in [5, 5.41) is 3.83. The number of hydrogen-bond donors (Lipinski definition) is 2. The number of benzene rings is 1. The number of likely N-dealkylation sites (tertiary alicyclic amines) is 1. The molecule has 0 aromatic heterocycles. The van der Waals surface area contributed by atoms with E-state index in [9.17, 15) is 4.79 Å². The number of methoxy groups -OCH3 is 1. The predicted molar refractivity (Wildman–Crippen MR) is 113 cm³/mol. The van der Waals surface area contributed by atoms with Gasteiger partial charge in [0.1, 0.15) is 5.75 Å². The SMILES string of the molecule is CCOC(=O)N1CCC(NC(N)=NCc2ccc(Cl)cc2OC)CC1.I. The summed E-state index contributed by atoms with van der Waals surface area (Å²) in [5.41, 5.74) is 6.89. The quantitative estimate of drug-likeness (QED) is 0.372. The molecule has 146 valence electrons. The largest absolute Gasteiger partial charge is 0.496 e. The molecule has 1 aromatic rings. The van der Waals surface area contributed by atoms with Gasteiger partial charge in [0.25, 0.3) is 0 Å². The third-order valence-electron chi connectivity index (χ3n) is 4.04. The minimum atomic E-state index is -0.252. The second kappa shape index (κ2) is 11.3. The minimum Gasteiger partial charge on any atom is -0.496 e. The van der Waals surface area contributed by atoms with E-state index in [1.54, 1.807) is 31.1 Å². The smallest absolute Gasteiger partial charge is 0.409 e. The molecule has 0 spiro atoms. The highest BCUT2D eigenvalue weighted by Crippen LogP contribution is 2.23. The maximum Gasteiger partial charge on any atom is 0.409 e. The van der Waals surface area contributed by atoms with E-state index in [0.717, 1.165) is 18.4 Å². The summed E-state index contributed by atoms with van der Waals surface area (Å²) < 4.78 is 10.3. The molecule has 1 aromatic carbocycles. The van der Waals surface area contributed by atoms with Gasteiger partial charge in [-0.1, -0.05) is 17.7 Å². The van der Waals surface area contributed by atoms with Crippen molar-refractivity contribution in [3.05, 3.63) is 28.8 Å². The molecule has 1 amide bonds. The van der Waals surface area contributed by atoms with Crippen molar-refractivity contribution < 1.29 is 14.3 Å². The Bertz CT molecular complexity index is 622. The van der Waals surface area contributed by atoms with Crippen LogP contribution in [0, 0.1) is 0 Å². The average Bonchev–Trinajstić information content (AvgIpc) is 2.61. The van der Waals surface area contributed by atoms with Gasteiger partial charge in [-0.25, -0.2) is 9.79 Å². The number of ether oxygens (including phenoxy) is 2. The summed E-state index contributed by atoms with van der Waals surface area (Å²) >= 11 is 5.95. The molecular weight excluding hydrogens is 471 g/mol. The van der Waals surface area contributed by atoms with Gasteiger partial charge in [0, 0.05) is 29.7 Å². The van der Waals surface area contributed by atoms with Gasteiger partial charge in [-0.3, -0.25) is 0 Å². The number of carbonyl (C=O) groups excluding carboxylic acids is 1. The van der Waals surface area contributed by atoms with Crippen molar-refractivity contribution in [1.82, 2.24) is 10.2 Å². The number of aliphatic imine (C=N–C) groups is 1. The lowest BCUT2D eigenvalue weighted by Crippen LogP contribution is -2.48. The van der Waals surface area contributed by atoms with Gasteiger partial charge in [0.15, 0.2) is 5.96 Å². The van der Waals surface area contributed by atoms with Crippen LogP contribution in [0.2, 0.25) is 5.02 Å². The van der Waals surface area contributed by atoms with E-state index in [1.807, 2.05) is 6.07 Å². The molecule has 0 bridgehead atoms. The molecular formula is C17H26ClIN4O3. The molecule has 0 aliphatic carbocycles. The van der Waals surface area contributed by atoms with Crippen LogP contribution in [0.15, 0.2) is 23.2 Å². The number of amides is 1. The van der Waals surface area contributed by atoms with Crippen molar-refractivity contribution in [1.29, 1.82) is 0 Å². The van der Waals surface area contributed by atoms with Crippen molar-refractivity contribution in [2.45, 2.75) is 32.4 Å². The molecule has 0 radical (unpaired) electrons. The molecule has 26 heavy (non-hydrogen) atoms. The molecule has 7 nitrogen and oxygen atoms in total. The molecule has 0 atom stereocenters. The van der Waals surface area contributed by atoms with Crippen molar-refractivity contribution in [3.8, 4) is 5.75 Å². The molecule has 1 aliphatic rings. The van der Waals surface area contributed by atoms with E-state index in [-0.39, 0.29) is 36.1 Å². The molecule has 2 rings (SSSR count). The Morgan fingerprint density at radius 2 is 2.12 bits per heavy atom. The van der Waals surface area contributed by atoms with Crippen LogP contribution in [0.4, 0.5) is 4.79 Å². The van der Waals surface area contributed by atoms with Crippen molar-refractivity contribution >= 4 is 47.6 Å². The van der Waals surface area contributed by atoms with E-state index < -0.39 is 0 Å². The average molecular weight is 497 g/mol. The highest BCUT2D eigenvalue weighted by atomic mass is 127. The monoisotopic (exact) mass is 496 g/mol. The highest BCUT2D eigenvalue weighted by Gasteiger charge is 2.23. The first-order valence-electron chi connectivity index (χ1n) is 8.34. The first kappa shape index (κ1) is 22.6. The summed E-state index contributed by atoms with van der Waals surface area (Å²) in [6, 6.07) is 5.61. The Morgan fingerprint density at radius 1 is 1.42 bits per heavy atom. The minimum absolute atomic E-state index is 0. The number of hydrogen-bond acceptors (Lipinski definition) is 4.